The number of imidazole rings is 1. The summed E-state index contributed by atoms with van der Waals surface area (Å²) in [6, 6.07) is 11.7. The van der Waals surface area contributed by atoms with E-state index in [0.29, 0.717) is 12.1 Å². The first-order valence-corrected chi connectivity index (χ1v) is 7.26. The molecule has 3 aromatic rings. The van der Waals surface area contributed by atoms with Crippen molar-refractivity contribution in [3.63, 3.8) is 0 Å². The maximum Gasteiger partial charge on any atom is 0.170 e. The molecule has 0 atom stereocenters. The molecule has 0 amide bonds. The van der Waals surface area contributed by atoms with E-state index in [1.807, 2.05) is 47.0 Å². The maximum absolute atomic E-state index is 11.2. The van der Waals surface area contributed by atoms with Gasteiger partial charge in [-0.2, -0.15) is 0 Å². The van der Waals surface area contributed by atoms with E-state index in [2.05, 4.69) is 20.9 Å². The molecule has 21 heavy (non-hydrogen) atoms. The third-order valence-electron chi connectivity index (χ3n) is 3.35. The number of benzene rings is 1. The molecule has 0 fully saturated rings. The molecule has 4 nitrogen and oxygen atoms in total. The Hall–Kier alpha value is -2.14. The van der Waals surface area contributed by atoms with Gasteiger partial charge in [0.25, 0.3) is 0 Å². The van der Waals surface area contributed by atoms with E-state index in [1.165, 1.54) is 0 Å². The minimum Gasteiger partial charge on any atom is -0.497 e. The van der Waals surface area contributed by atoms with Crippen molar-refractivity contribution in [1.82, 2.24) is 9.38 Å². The predicted octanol–water partition coefficient (Wildman–Crippen LogP) is 3.51. The third-order valence-corrected chi connectivity index (χ3v) is 3.99. The molecule has 106 valence electrons. The van der Waals surface area contributed by atoms with Crippen LogP contribution in [0.5, 0.6) is 5.75 Å². The van der Waals surface area contributed by atoms with Crippen LogP contribution in [-0.2, 0) is 6.42 Å². The number of nitrogens with zero attached hydrogens (tertiary/aromatic N) is 2. The van der Waals surface area contributed by atoms with E-state index < -0.39 is 0 Å². The van der Waals surface area contributed by atoms with E-state index in [1.54, 1.807) is 7.11 Å². The molecular formula is C16H13BrN2O2. The summed E-state index contributed by atoms with van der Waals surface area (Å²) in [5.41, 5.74) is 2.36. The summed E-state index contributed by atoms with van der Waals surface area (Å²) in [7, 11) is 1.64. The zero-order valence-electron chi connectivity index (χ0n) is 11.4. The molecular weight excluding hydrogens is 332 g/mol. The molecule has 0 saturated carbocycles. The second-order valence-electron chi connectivity index (χ2n) is 4.63. The lowest BCUT2D eigenvalue weighted by Crippen LogP contribution is -1.96. The fourth-order valence-electron chi connectivity index (χ4n) is 2.32. The predicted molar refractivity (Wildman–Crippen MR) is 84.1 cm³/mol. The summed E-state index contributed by atoms with van der Waals surface area (Å²) >= 11 is 3.47. The third kappa shape index (κ3) is 2.56. The highest BCUT2D eigenvalue weighted by Gasteiger charge is 2.13. The van der Waals surface area contributed by atoms with E-state index in [-0.39, 0.29) is 0 Å². The topological polar surface area (TPSA) is 43.6 Å². The smallest absolute Gasteiger partial charge is 0.170 e. The molecule has 0 N–H and O–H groups in total. The number of hydrogen-bond acceptors (Lipinski definition) is 3. The molecule has 0 aliphatic heterocycles. The Balaban J connectivity index is 2.04. The van der Waals surface area contributed by atoms with Crippen LogP contribution in [0.2, 0.25) is 0 Å². The van der Waals surface area contributed by atoms with Gasteiger partial charge >= 0.3 is 0 Å². The Labute approximate surface area is 130 Å². The van der Waals surface area contributed by atoms with Crippen LogP contribution in [0.1, 0.15) is 21.9 Å². The molecule has 5 heteroatoms. The van der Waals surface area contributed by atoms with Crippen molar-refractivity contribution in [2.75, 3.05) is 7.11 Å². The van der Waals surface area contributed by atoms with Crippen LogP contribution >= 0.6 is 15.9 Å². The average Bonchev–Trinajstić information content (AvgIpc) is 2.87. The summed E-state index contributed by atoms with van der Waals surface area (Å²) in [5, 5.41) is 0. The van der Waals surface area contributed by atoms with E-state index in [9.17, 15) is 4.79 Å². The first-order chi connectivity index (χ1) is 10.2. The van der Waals surface area contributed by atoms with Crippen molar-refractivity contribution in [2.45, 2.75) is 6.42 Å². The summed E-state index contributed by atoms with van der Waals surface area (Å²) in [5.74, 6) is 1.65. The van der Waals surface area contributed by atoms with Crippen molar-refractivity contribution in [3.05, 3.63) is 64.1 Å². The number of fused-ring (bicyclic) bond motifs is 1. The largest absolute Gasteiger partial charge is 0.497 e. The summed E-state index contributed by atoms with van der Waals surface area (Å²) in [6.07, 6.45) is 3.35. The number of carbonyl (C=O) groups excluding carboxylic acids is 1. The van der Waals surface area contributed by atoms with Crippen LogP contribution in [0.3, 0.4) is 0 Å². The van der Waals surface area contributed by atoms with Gasteiger partial charge in [-0.15, -0.1) is 0 Å². The Morgan fingerprint density at radius 2 is 2.05 bits per heavy atom. The Kier molecular flexibility index (Phi) is 3.75. The van der Waals surface area contributed by atoms with Crippen molar-refractivity contribution < 1.29 is 9.53 Å². The molecule has 0 aliphatic rings. The number of carbonyl (C=O) groups is 1. The van der Waals surface area contributed by atoms with Gasteiger partial charge in [0.1, 0.15) is 17.3 Å². The minimum absolute atomic E-state index is 0.450. The molecule has 3 rings (SSSR count). The Morgan fingerprint density at radius 1 is 1.29 bits per heavy atom. The first-order valence-electron chi connectivity index (χ1n) is 6.46. The van der Waals surface area contributed by atoms with Crippen LogP contribution in [0.15, 0.2) is 47.1 Å². The molecule has 0 saturated heterocycles. The van der Waals surface area contributed by atoms with Crippen LogP contribution in [0, 0.1) is 0 Å². The highest BCUT2D eigenvalue weighted by atomic mass is 79.9. The number of aromatic nitrogens is 2. The molecule has 1 aromatic carbocycles. The standard InChI is InChI=1S/C16H13BrN2O2/c1-21-12-6-4-11(5-7-12)9-15-18-14(10-20)16-13(17)3-2-8-19(15)16/h2-8,10H,9H2,1H3. The van der Waals surface area contributed by atoms with Gasteiger partial charge in [0.2, 0.25) is 0 Å². The quantitative estimate of drug-likeness (QED) is 0.680. The lowest BCUT2D eigenvalue weighted by molar-refractivity contribution is 0.112. The Morgan fingerprint density at radius 3 is 2.71 bits per heavy atom. The highest BCUT2D eigenvalue weighted by Crippen LogP contribution is 2.23. The number of ether oxygens (including phenoxy) is 1. The SMILES string of the molecule is COc1ccc(Cc2nc(C=O)c3c(Br)cccn23)cc1. The molecule has 2 heterocycles. The highest BCUT2D eigenvalue weighted by molar-refractivity contribution is 9.10. The van der Waals surface area contributed by atoms with E-state index in [0.717, 1.165) is 33.4 Å². The zero-order chi connectivity index (χ0) is 14.8. The molecule has 0 bridgehead atoms. The average molecular weight is 345 g/mol. The molecule has 0 spiro atoms. The van der Waals surface area contributed by atoms with E-state index in [4.69, 9.17) is 4.74 Å². The first kappa shape index (κ1) is 13.8. The van der Waals surface area contributed by atoms with Crippen molar-refractivity contribution in [2.24, 2.45) is 0 Å². The lowest BCUT2D eigenvalue weighted by Gasteiger charge is -2.04. The van der Waals surface area contributed by atoms with Crippen molar-refractivity contribution in [1.29, 1.82) is 0 Å². The van der Waals surface area contributed by atoms with Crippen LogP contribution in [0.25, 0.3) is 5.52 Å². The lowest BCUT2D eigenvalue weighted by atomic mass is 10.1. The molecule has 2 aromatic heterocycles. The van der Waals surface area contributed by atoms with Gasteiger partial charge in [0, 0.05) is 17.1 Å². The van der Waals surface area contributed by atoms with Gasteiger partial charge in [-0.3, -0.25) is 4.79 Å². The van der Waals surface area contributed by atoms with Gasteiger partial charge in [0.05, 0.1) is 12.6 Å². The zero-order valence-corrected chi connectivity index (χ0v) is 13.0. The fourth-order valence-corrected chi connectivity index (χ4v) is 2.87. The molecule has 0 unspecified atom stereocenters. The minimum atomic E-state index is 0.450. The van der Waals surface area contributed by atoms with E-state index >= 15 is 0 Å². The number of rotatable bonds is 4. The number of methoxy groups -OCH3 is 1. The second kappa shape index (κ2) is 5.69. The maximum atomic E-state index is 11.2. The second-order valence-corrected chi connectivity index (χ2v) is 5.49. The molecule has 0 radical (unpaired) electrons. The normalized spacial score (nSPS) is 10.8. The Bertz CT molecular complexity index is 794. The number of pyridine rings is 1. The number of aldehydes is 1. The van der Waals surface area contributed by atoms with Crippen LogP contribution in [0.4, 0.5) is 0 Å². The van der Waals surface area contributed by atoms with Crippen molar-refractivity contribution >= 4 is 27.7 Å². The van der Waals surface area contributed by atoms with Gasteiger partial charge < -0.3 is 9.14 Å². The van der Waals surface area contributed by atoms with Gasteiger partial charge in [-0.05, 0) is 45.8 Å². The monoisotopic (exact) mass is 344 g/mol. The van der Waals surface area contributed by atoms with Crippen LogP contribution in [-0.4, -0.2) is 22.8 Å². The fraction of sp³-hybridized carbons (Fsp3) is 0.125. The van der Waals surface area contributed by atoms with Gasteiger partial charge in [-0.1, -0.05) is 12.1 Å². The summed E-state index contributed by atoms with van der Waals surface area (Å²) < 4.78 is 7.96. The summed E-state index contributed by atoms with van der Waals surface area (Å²) in [6.45, 7) is 0. The number of halogens is 1. The molecule has 0 aliphatic carbocycles. The van der Waals surface area contributed by atoms with Gasteiger partial charge in [0.15, 0.2) is 6.29 Å². The number of hydrogen-bond donors (Lipinski definition) is 0. The summed E-state index contributed by atoms with van der Waals surface area (Å²) in [4.78, 5) is 15.6. The van der Waals surface area contributed by atoms with Crippen LogP contribution < -0.4 is 4.74 Å². The van der Waals surface area contributed by atoms with Crippen molar-refractivity contribution in [3.8, 4) is 5.75 Å². The van der Waals surface area contributed by atoms with Gasteiger partial charge in [-0.25, -0.2) is 4.98 Å².